The smallest absolute Gasteiger partial charge is 0.152 e. The summed E-state index contributed by atoms with van der Waals surface area (Å²) in [6.45, 7) is 5.01. The molecule has 0 amide bonds. The fourth-order valence-electron chi connectivity index (χ4n) is 3.72. The number of nitrogens with one attached hydrogen (secondary N) is 1. The van der Waals surface area contributed by atoms with Gasteiger partial charge in [0, 0.05) is 31.4 Å². The summed E-state index contributed by atoms with van der Waals surface area (Å²) in [5.41, 5.74) is 3.94. The predicted octanol–water partition coefficient (Wildman–Crippen LogP) is 3.58. The number of fused-ring (bicyclic) bond motifs is 1. The van der Waals surface area contributed by atoms with E-state index in [-0.39, 0.29) is 0 Å². The molecule has 2 aromatic heterocycles. The summed E-state index contributed by atoms with van der Waals surface area (Å²) in [4.78, 5) is 7.48. The zero-order valence-electron chi connectivity index (χ0n) is 16.2. The molecule has 0 radical (unpaired) electrons. The van der Waals surface area contributed by atoms with Crippen molar-refractivity contribution in [3.05, 3.63) is 46.7 Å². The SMILES string of the molecule is COc1ccc(OC)c(-c2nc3c(Br)cccn3c2CN2CCCNCC2)c1. The van der Waals surface area contributed by atoms with Crippen molar-refractivity contribution in [3.63, 3.8) is 0 Å². The molecular weight excluding hydrogens is 420 g/mol. The maximum absolute atomic E-state index is 5.65. The topological polar surface area (TPSA) is 51.0 Å². The monoisotopic (exact) mass is 444 g/mol. The molecule has 1 aliphatic heterocycles. The lowest BCUT2D eigenvalue weighted by molar-refractivity contribution is 0.280. The summed E-state index contributed by atoms with van der Waals surface area (Å²) in [6.07, 6.45) is 3.23. The van der Waals surface area contributed by atoms with Crippen LogP contribution in [-0.2, 0) is 6.54 Å². The largest absolute Gasteiger partial charge is 0.497 e. The lowest BCUT2D eigenvalue weighted by Crippen LogP contribution is -2.28. The molecule has 1 saturated heterocycles. The summed E-state index contributed by atoms with van der Waals surface area (Å²) in [5.74, 6) is 1.58. The van der Waals surface area contributed by atoms with Crippen molar-refractivity contribution in [1.82, 2.24) is 19.6 Å². The number of imidazole rings is 1. The summed E-state index contributed by atoms with van der Waals surface area (Å²) in [6, 6.07) is 9.91. The van der Waals surface area contributed by atoms with Crippen LogP contribution in [0.1, 0.15) is 12.1 Å². The number of pyridine rings is 1. The first kappa shape index (κ1) is 19.2. The molecule has 3 aromatic rings. The van der Waals surface area contributed by atoms with Gasteiger partial charge in [-0.3, -0.25) is 4.90 Å². The second-order valence-corrected chi connectivity index (χ2v) is 7.76. The number of hydrogen-bond donors (Lipinski definition) is 1. The first-order valence-electron chi connectivity index (χ1n) is 9.52. The van der Waals surface area contributed by atoms with Gasteiger partial charge in [0.05, 0.1) is 30.1 Å². The van der Waals surface area contributed by atoms with Gasteiger partial charge < -0.3 is 19.2 Å². The number of ether oxygens (including phenoxy) is 2. The van der Waals surface area contributed by atoms with Crippen LogP contribution < -0.4 is 14.8 Å². The van der Waals surface area contributed by atoms with Crippen LogP contribution in [0.3, 0.4) is 0 Å². The second kappa shape index (κ2) is 8.51. The maximum Gasteiger partial charge on any atom is 0.152 e. The fraction of sp³-hybridized carbons (Fsp3) is 0.381. The first-order chi connectivity index (χ1) is 13.7. The summed E-state index contributed by atoms with van der Waals surface area (Å²) in [7, 11) is 3.37. The molecule has 0 aliphatic carbocycles. The maximum atomic E-state index is 5.65. The van der Waals surface area contributed by atoms with E-state index < -0.39 is 0 Å². The van der Waals surface area contributed by atoms with Gasteiger partial charge in [-0.1, -0.05) is 0 Å². The number of methoxy groups -OCH3 is 2. The third kappa shape index (κ3) is 3.74. The highest BCUT2D eigenvalue weighted by Gasteiger charge is 2.21. The Labute approximate surface area is 173 Å². The zero-order chi connectivity index (χ0) is 19.5. The minimum Gasteiger partial charge on any atom is -0.497 e. The predicted molar refractivity (Wildman–Crippen MR) is 114 cm³/mol. The van der Waals surface area contributed by atoms with Crippen molar-refractivity contribution in [2.45, 2.75) is 13.0 Å². The molecule has 3 heterocycles. The Balaban J connectivity index is 1.87. The quantitative estimate of drug-likeness (QED) is 0.651. The van der Waals surface area contributed by atoms with Crippen molar-refractivity contribution in [1.29, 1.82) is 0 Å². The van der Waals surface area contributed by atoms with Crippen LogP contribution in [0.25, 0.3) is 16.9 Å². The Morgan fingerprint density at radius 1 is 1.14 bits per heavy atom. The van der Waals surface area contributed by atoms with Crippen LogP contribution in [-0.4, -0.2) is 54.7 Å². The molecule has 0 bridgehead atoms. The molecule has 1 aromatic carbocycles. The van der Waals surface area contributed by atoms with E-state index in [9.17, 15) is 0 Å². The van der Waals surface area contributed by atoms with Crippen LogP contribution in [0, 0.1) is 0 Å². The van der Waals surface area contributed by atoms with Gasteiger partial charge in [0.25, 0.3) is 0 Å². The molecule has 6 nitrogen and oxygen atoms in total. The van der Waals surface area contributed by atoms with Crippen LogP contribution in [0.2, 0.25) is 0 Å². The highest BCUT2D eigenvalue weighted by molar-refractivity contribution is 9.10. The van der Waals surface area contributed by atoms with Gasteiger partial charge in [0.1, 0.15) is 11.5 Å². The summed E-state index contributed by atoms with van der Waals surface area (Å²) in [5, 5.41) is 3.47. The normalized spacial score (nSPS) is 15.5. The molecule has 1 N–H and O–H groups in total. The van der Waals surface area contributed by atoms with E-state index in [1.165, 1.54) is 0 Å². The molecule has 0 spiro atoms. The Morgan fingerprint density at radius 2 is 2.04 bits per heavy atom. The van der Waals surface area contributed by atoms with Gasteiger partial charge in [-0.25, -0.2) is 4.98 Å². The Hall–Kier alpha value is -2.09. The fourth-order valence-corrected chi connectivity index (χ4v) is 4.15. The molecule has 4 rings (SSSR count). The zero-order valence-corrected chi connectivity index (χ0v) is 17.8. The minimum absolute atomic E-state index is 0.789. The molecular formula is C21H25BrN4O2. The molecule has 0 saturated carbocycles. The molecule has 1 aliphatic rings. The van der Waals surface area contributed by atoms with Gasteiger partial charge >= 0.3 is 0 Å². The number of halogens is 1. The van der Waals surface area contributed by atoms with Crippen molar-refractivity contribution >= 4 is 21.6 Å². The van der Waals surface area contributed by atoms with E-state index in [1.807, 2.05) is 30.3 Å². The lowest BCUT2D eigenvalue weighted by Gasteiger charge is -2.20. The average Bonchev–Trinajstić information content (AvgIpc) is 2.89. The standard InChI is InChI=1S/C21H25BrN4O2/c1-27-15-6-7-19(28-2)16(13-15)20-18(14-25-10-4-8-23-9-12-25)26-11-3-5-17(22)21(26)24-20/h3,5-7,11,13,23H,4,8-10,12,14H2,1-2H3. The number of aromatic nitrogens is 2. The van der Waals surface area contributed by atoms with E-state index in [4.69, 9.17) is 14.5 Å². The minimum atomic E-state index is 0.789. The molecule has 1 fully saturated rings. The first-order valence-corrected chi connectivity index (χ1v) is 10.3. The summed E-state index contributed by atoms with van der Waals surface area (Å²) >= 11 is 3.66. The van der Waals surface area contributed by atoms with Crippen molar-refractivity contribution in [3.8, 4) is 22.8 Å². The molecule has 28 heavy (non-hydrogen) atoms. The molecule has 0 atom stereocenters. The van der Waals surface area contributed by atoms with Gasteiger partial charge in [0.2, 0.25) is 0 Å². The third-order valence-electron chi connectivity index (χ3n) is 5.17. The number of nitrogens with zero attached hydrogens (tertiary/aromatic N) is 3. The number of hydrogen-bond acceptors (Lipinski definition) is 5. The van der Waals surface area contributed by atoms with Crippen LogP contribution >= 0.6 is 15.9 Å². The van der Waals surface area contributed by atoms with E-state index in [0.717, 1.165) is 77.7 Å². The van der Waals surface area contributed by atoms with E-state index in [0.29, 0.717) is 0 Å². The average molecular weight is 445 g/mol. The van der Waals surface area contributed by atoms with Gasteiger partial charge in [-0.05, 0) is 65.8 Å². The van der Waals surface area contributed by atoms with E-state index in [1.54, 1.807) is 14.2 Å². The van der Waals surface area contributed by atoms with E-state index >= 15 is 0 Å². The second-order valence-electron chi connectivity index (χ2n) is 6.90. The lowest BCUT2D eigenvalue weighted by atomic mass is 10.1. The van der Waals surface area contributed by atoms with Crippen LogP contribution in [0.15, 0.2) is 41.0 Å². The van der Waals surface area contributed by atoms with Gasteiger partial charge in [0.15, 0.2) is 5.65 Å². The van der Waals surface area contributed by atoms with Gasteiger partial charge in [-0.15, -0.1) is 0 Å². The van der Waals surface area contributed by atoms with Gasteiger partial charge in [-0.2, -0.15) is 0 Å². The van der Waals surface area contributed by atoms with Crippen molar-refractivity contribution < 1.29 is 9.47 Å². The Morgan fingerprint density at radius 3 is 2.86 bits per heavy atom. The summed E-state index contributed by atoms with van der Waals surface area (Å²) < 4.78 is 14.3. The van der Waals surface area contributed by atoms with E-state index in [2.05, 4.69) is 36.7 Å². The highest BCUT2D eigenvalue weighted by atomic mass is 79.9. The van der Waals surface area contributed by atoms with Crippen LogP contribution in [0.4, 0.5) is 0 Å². The number of rotatable bonds is 5. The highest BCUT2D eigenvalue weighted by Crippen LogP contribution is 2.36. The Bertz CT molecular complexity index is 964. The third-order valence-corrected chi connectivity index (χ3v) is 5.79. The van der Waals surface area contributed by atoms with Crippen molar-refractivity contribution in [2.75, 3.05) is 40.4 Å². The Kier molecular flexibility index (Phi) is 5.85. The molecule has 7 heteroatoms. The molecule has 148 valence electrons. The van der Waals surface area contributed by atoms with Crippen molar-refractivity contribution in [2.24, 2.45) is 0 Å². The molecule has 0 unspecified atom stereocenters. The van der Waals surface area contributed by atoms with Crippen LogP contribution in [0.5, 0.6) is 11.5 Å². The number of benzene rings is 1.